The van der Waals surface area contributed by atoms with Gasteiger partial charge in [0.15, 0.2) is 0 Å². The third-order valence-electron chi connectivity index (χ3n) is 13.5. The number of hydrogen-bond acceptors (Lipinski definition) is 13. The van der Waals surface area contributed by atoms with Gasteiger partial charge in [-0.1, -0.05) is 35.9 Å². The van der Waals surface area contributed by atoms with Crippen LogP contribution in [0.25, 0.3) is 22.4 Å². The van der Waals surface area contributed by atoms with Crippen molar-refractivity contribution >= 4 is 118 Å². The average molecular weight is 1270 g/mol. The molecule has 5 heterocycles. The number of amides is 2. The molecule has 0 saturated carbocycles. The maximum atomic E-state index is 13.3. The maximum Gasteiger partial charge on any atom is 0.410 e. The lowest BCUT2D eigenvalue weighted by Gasteiger charge is -2.42. The predicted octanol–water partition coefficient (Wildman–Crippen LogP) is 11.2. The first kappa shape index (κ1) is 54.1. The van der Waals surface area contributed by atoms with Crippen LogP contribution < -0.4 is 24.6 Å². The minimum atomic E-state index is -0.653. The Bertz CT molecular complexity index is 2930. The van der Waals surface area contributed by atoms with E-state index in [0.717, 1.165) is 102 Å². The highest BCUT2D eigenvalue weighted by Gasteiger charge is 2.36. The van der Waals surface area contributed by atoms with Crippen molar-refractivity contribution in [3.8, 4) is 17.8 Å². The molecule has 0 radical (unpaired) electrons. The van der Waals surface area contributed by atoms with Gasteiger partial charge in [0.2, 0.25) is 0 Å². The molecule has 2 atom stereocenters. The smallest absolute Gasteiger partial charge is 0.410 e. The number of ether oxygens (including phenoxy) is 5. The van der Waals surface area contributed by atoms with E-state index in [1.807, 2.05) is 69.3 Å². The van der Waals surface area contributed by atoms with E-state index in [9.17, 15) is 14.9 Å². The Labute approximate surface area is 468 Å². The topological polar surface area (TPSA) is 155 Å². The average Bonchev–Trinajstić information content (AvgIpc) is 3.95. The minimum absolute atomic E-state index is 0.122. The molecule has 2 fully saturated rings. The molecular weight excluding hydrogens is 1210 g/mol. The van der Waals surface area contributed by atoms with Crippen molar-refractivity contribution in [3.05, 3.63) is 107 Å². The molecule has 2 saturated heterocycles. The molecule has 0 bridgehead atoms. The van der Waals surface area contributed by atoms with Crippen molar-refractivity contribution in [2.45, 2.75) is 77.1 Å². The summed E-state index contributed by atoms with van der Waals surface area (Å²) in [5.74, 6) is 1.34. The number of carbonyl (C=O) groups is 2. The molecule has 390 valence electrons. The van der Waals surface area contributed by atoms with Crippen LogP contribution in [0.4, 0.5) is 22.0 Å². The van der Waals surface area contributed by atoms with Crippen LogP contribution in [0.1, 0.15) is 68.8 Å². The van der Waals surface area contributed by atoms with Crippen LogP contribution in [0, 0.1) is 14.9 Å². The molecule has 1 aromatic heterocycles. The van der Waals surface area contributed by atoms with Gasteiger partial charge in [-0.3, -0.25) is 9.69 Å². The summed E-state index contributed by atoms with van der Waals surface area (Å²) in [5.41, 5.74) is 5.54. The zero-order valence-electron chi connectivity index (χ0n) is 41.8. The molecule has 9 rings (SSSR count). The van der Waals surface area contributed by atoms with E-state index in [1.54, 1.807) is 4.90 Å². The standard InChI is InChI=1S/C55H60Br2ClIN8O7/c1-55(2,3)74-54(69)67-22-21-66(32-38(67)15-17-60)51-40-16-20-65(48-12-5-9-36-8-4-11-45(58)49(36)48)33-47(40)62-53(63-51)73-34-39-10-6-18-64(39)19-7-23-70-24-25-71-26-27-72-50-43(56)29-35(30-44(50)57)28-42-41-31-37(59)13-14-46(41)61-52(42)68/h4-5,8-9,11-14,28-31,38-39H,6-7,10,15-16,18-27,32-34H2,1-3H3,(H,61,68)/t38-,39-/m0/s1. The second kappa shape index (κ2) is 24.5. The van der Waals surface area contributed by atoms with Gasteiger partial charge in [0.25, 0.3) is 5.91 Å². The first-order valence-electron chi connectivity index (χ1n) is 25.1. The summed E-state index contributed by atoms with van der Waals surface area (Å²) < 4.78 is 32.8. The molecule has 5 aromatic rings. The highest BCUT2D eigenvalue weighted by atomic mass is 127. The van der Waals surface area contributed by atoms with E-state index in [0.29, 0.717) is 94.6 Å². The number of benzene rings is 4. The van der Waals surface area contributed by atoms with Crippen molar-refractivity contribution in [3.63, 3.8) is 0 Å². The van der Waals surface area contributed by atoms with Gasteiger partial charge in [0.05, 0.1) is 64.6 Å². The van der Waals surface area contributed by atoms with Crippen LogP contribution in [0.3, 0.4) is 0 Å². The Kier molecular flexibility index (Phi) is 17.9. The lowest BCUT2D eigenvalue weighted by molar-refractivity contribution is -0.110. The minimum Gasteiger partial charge on any atom is -0.489 e. The zero-order valence-corrected chi connectivity index (χ0v) is 47.9. The molecule has 2 amide bonds. The number of fused-ring (bicyclic) bond motifs is 3. The molecule has 0 aliphatic carbocycles. The Morgan fingerprint density at radius 1 is 0.932 bits per heavy atom. The van der Waals surface area contributed by atoms with Gasteiger partial charge in [-0.05, 0) is 167 Å². The zero-order chi connectivity index (χ0) is 51.9. The van der Waals surface area contributed by atoms with Crippen LogP contribution in [0.15, 0.2) is 75.7 Å². The number of nitrogens with one attached hydrogen (secondary N) is 1. The summed E-state index contributed by atoms with van der Waals surface area (Å²) in [6.45, 7) is 12.8. The molecule has 4 aliphatic heterocycles. The van der Waals surface area contributed by atoms with Crippen molar-refractivity contribution in [2.24, 2.45) is 0 Å². The van der Waals surface area contributed by atoms with E-state index in [2.05, 4.69) is 105 Å². The third-order valence-corrected chi connectivity index (χ3v) is 15.7. The second-order valence-corrected chi connectivity index (χ2v) is 23.1. The molecule has 74 heavy (non-hydrogen) atoms. The van der Waals surface area contributed by atoms with Gasteiger partial charge < -0.3 is 43.7 Å². The summed E-state index contributed by atoms with van der Waals surface area (Å²) in [5, 5.41) is 15.6. The lowest BCUT2D eigenvalue weighted by atomic mass is 10.0. The number of nitrogens with zero attached hydrogens (tertiary/aromatic N) is 7. The Morgan fingerprint density at radius 2 is 1.70 bits per heavy atom. The van der Waals surface area contributed by atoms with Gasteiger partial charge >= 0.3 is 12.1 Å². The Balaban J connectivity index is 0.763. The number of rotatable bonds is 18. The van der Waals surface area contributed by atoms with Gasteiger partial charge in [-0.15, -0.1) is 0 Å². The molecule has 0 unspecified atom stereocenters. The quantitative estimate of drug-likeness (QED) is 0.0503. The highest BCUT2D eigenvalue weighted by Crippen LogP contribution is 2.40. The maximum absolute atomic E-state index is 13.3. The molecule has 4 aromatic carbocycles. The molecule has 15 nitrogen and oxygen atoms in total. The van der Waals surface area contributed by atoms with E-state index >= 15 is 0 Å². The fourth-order valence-corrected chi connectivity index (χ4v) is 12.3. The lowest BCUT2D eigenvalue weighted by Crippen LogP contribution is -2.56. The number of aromatic nitrogens is 2. The number of anilines is 3. The summed E-state index contributed by atoms with van der Waals surface area (Å²) >= 11 is 16.4. The number of halogens is 4. The summed E-state index contributed by atoms with van der Waals surface area (Å²) in [7, 11) is 0. The van der Waals surface area contributed by atoms with Crippen molar-refractivity contribution in [2.75, 3.05) is 94.0 Å². The largest absolute Gasteiger partial charge is 0.489 e. The number of piperazine rings is 1. The number of hydrogen-bond donors (Lipinski definition) is 1. The third kappa shape index (κ3) is 13.1. The van der Waals surface area contributed by atoms with Crippen molar-refractivity contribution in [1.82, 2.24) is 19.8 Å². The Morgan fingerprint density at radius 3 is 2.49 bits per heavy atom. The van der Waals surface area contributed by atoms with Crippen LogP contribution in [-0.4, -0.2) is 128 Å². The Hall–Kier alpha value is -4.75. The normalized spacial score (nSPS) is 18.4. The fourth-order valence-electron chi connectivity index (χ4n) is 10.1. The molecule has 1 N–H and O–H groups in total. The predicted molar refractivity (Wildman–Crippen MR) is 304 cm³/mol. The van der Waals surface area contributed by atoms with Gasteiger partial charge in [-0.25, -0.2) is 4.79 Å². The first-order valence-corrected chi connectivity index (χ1v) is 28.2. The van der Waals surface area contributed by atoms with Crippen molar-refractivity contribution in [1.29, 1.82) is 5.26 Å². The summed E-state index contributed by atoms with van der Waals surface area (Å²) in [6.07, 6.45) is 5.30. The van der Waals surface area contributed by atoms with Gasteiger partial charge in [0.1, 0.15) is 30.4 Å². The molecule has 4 aliphatic rings. The van der Waals surface area contributed by atoms with E-state index < -0.39 is 11.7 Å². The first-order chi connectivity index (χ1) is 35.7. The van der Waals surface area contributed by atoms with Crippen LogP contribution in [0.2, 0.25) is 5.02 Å². The van der Waals surface area contributed by atoms with E-state index in [1.165, 1.54) is 0 Å². The number of carbonyl (C=O) groups excluding carboxylic acids is 2. The second-order valence-electron chi connectivity index (χ2n) is 19.8. The summed E-state index contributed by atoms with van der Waals surface area (Å²) in [4.78, 5) is 44.9. The number of likely N-dealkylation sites (tertiary alicyclic amines) is 1. The van der Waals surface area contributed by atoms with Gasteiger partial charge in [-0.2, -0.15) is 15.2 Å². The molecular formula is C55H60Br2ClIN8O7. The van der Waals surface area contributed by atoms with Crippen LogP contribution in [-0.2, 0) is 32.0 Å². The van der Waals surface area contributed by atoms with Crippen LogP contribution >= 0.6 is 66.1 Å². The molecule has 0 spiro atoms. The fraction of sp³-hybridized carbons (Fsp3) is 0.436. The number of nitriles is 1. The van der Waals surface area contributed by atoms with E-state index in [4.69, 9.17) is 45.3 Å². The SMILES string of the molecule is CC(C)(C)OC(=O)N1CCN(c2nc(OC[C@@H]3CCCN3CCCOCCOCCOc3c(Br)cc(C=C4C(=O)Nc5ccc(I)cc54)cc3Br)nc3c2CCN(c2cccc4cccc(Cl)c24)C3)C[C@@H]1CC#N. The summed E-state index contributed by atoms with van der Waals surface area (Å²) in [6, 6.07) is 24.5. The monoisotopic (exact) mass is 1260 g/mol. The van der Waals surface area contributed by atoms with Crippen molar-refractivity contribution < 1.29 is 33.3 Å². The van der Waals surface area contributed by atoms with E-state index in [-0.39, 0.29) is 24.4 Å². The highest BCUT2D eigenvalue weighted by molar-refractivity contribution is 14.1. The van der Waals surface area contributed by atoms with Crippen LogP contribution in [0.5, 0.6) is 11.8 Å². The van der Waals surface area contributed by atoms with Gasteiger partial charge in [0, 0.05) is 82.4 Å². The molecule has 19 heteroatoms.